The zero-order valence-electron chi connectivity index (χ0n) is 14.6. The van der Waals surface area contributed by atoms with E-state index < -0.39 is 10.1 Å². The predicted molar refractivity (Wildman–Crippen MR) is 107 cm³/mol. The Morgan fingerprint density at radius 1 is 0.960 bits per heavy atom. The van der Waals surface area contributed by atoms with Gasteiger partial charge in [0.05, 0.1) is 4.58 Å². The van der Waals surface area contributed by atoms with E-state index in [1.54, 1.807) is 26.0 Å². The second-order valence-electron chi connectivity index (χ2n) is 6.26. The van der Waals surface area contributed by atoms with Crippen LogP contribution in [0.15, 0.2) is 41.3 Å². The lowest BCUT2D eigenvalue weighted by atomic mass is 10.1. The van der Waals surface area contributed by atoms with Gasteiger partial charge in [-0.3, -0.25) is 0 Å². The Bertz CT molecular complexity index is 829. The van der Waals surface area contributed by atoms with Crippen molar-refractivity contribution in [1.82, 2.24) is 0 Å². The fourth-order valence-electron chi connectivity index (χ4n) is 3.09. The molecule has 0 spiro atoms. The zero-order valence-corrected chi connectivity index (χ0v) is 17.1. The SMILES string of the molecule is Cc1cc(C)c(S(=O)(=O)Oc2ccc(C3SCCCS3)cc2)c(C)c1. The van der Waals surface area contributed by atoms with E-state index in [0.29, 0.717) is 21.5 Å². The second-order valence-corrected chi connectivity index (χ2v) is 10.5. The van der Waals surface area contributed by atoms with Crippen molar-refractivity contribution in [2.45, 2.75) is 36.7 Å². The van der Waals surface area contributed by atoms with E-state index in [0.717, 1.165) is 5.56 Å². The highest BCUT2D eigenvalue weighted by Crippen LogP contribution is 2.43. The summed E-state index contributed by atoms with van der Waals surface area (Å²) in [4.78, 5) is 0.264. The lowest BCUT2D eigenvalue weighted by molar-refractivity contribution is 0.485. The maximum Gasteiger partial charge on any atom is 0.339 e. The van der Waals surface area contributed by atoms with E-state index in [9.17, 15) is 8.42 Å². The first-order valence-electron chi connectivity index (χ1n) is 8.22. The molecule has 0 atom stereocenters. The van der Waals surface area contributed by atoms with Crippen molar-refractivity contribution in [3.63, 3.8) is 0 Å². The predicted octanol–water partition coefficient (Wildman–Crippen LogP) is 5.25. The molecule has 1 fully saturated rings. The molecular formula is C19H22O3S3. The monoisotopic (exact) mass is 394 g/mol. The first-order valence-corrected chi connectivity index (χ1v) is 11.7. The van der Waals surface area contributed by atoms with Crippen LogP contribution in [-0.2, 0) is 10.1 Å². The van der Waals surface area contributed by atoms with Crippen LogP contribution in [0.1, 0.15) is 33.3 Å². The molecule has 1 aliphatic rings. The highest BCUT2D eigenvalue weighted by Gasteiger charge is 2.23. The Morgan fingerprint density at radius 2 is 1.52 bits per heavy atom. The quantitative estimate of drug-likeness (QED) is 0.663. The van der Waals surface area contributed by atoms with E-state index in [1.165, 1.54) is 23.5 Å². The molecule has 0 saturated carbocycles. The molecule has 6 heteroatoms. The Hall–Kier alpha value is -1.11. The number of rotatable bonds is 4. The standard InChI is InChI=1S/C19H22O3S3/c1-13-11-14(2)18(15(3)12-13)25(20,21)22-17-7-5-16(6-8-17)19-23-9-4-10-24-19/h5-8,11-12,19H,4,9-10H2,1-3H3. The first kappa shape index (κ1) is 18.7. The number of hydrogen-bond acceptors (Lipinski definition) is 5. The Labute approximate surface area is 158 Å². The zero-order chi connectivity index (χ0) is 18.0. The third kappa shape index (κ3) is 4.36. The third-order valence-corrected chi connectivity index (χ3v) is 8.61. The number of aryl methyl sites for hydroxylation is 3. The van der Waals surface area contributed by atoms with Crippen molar-refractivity contribution < 1.29 is 12.6 Å². The molecule has 0 N–H and O–H groups in total. The van der Waals surface area contributed by atoms with Gasteiger partial charge in [-0.15, -0.1) is 23.5 Å². The maximum absolute atomic E-state index is 12.7. The molecule has 1 saturated heterocycles. The summed E-state index contributed by atoms with van der Waals surface area (Å²) in [5, 5.41) is 0. The molecule has 2 aromatic rings. The molecule has 25 heavy (non-hydrogen) atoms. The van der Waals surface area contributed by atoms with Gasteiger partial charge in [0.2, 0.25) is 0 Å². The van der Waals surface area contributed by atoms with Crippen molar-refractivity contribution in [3.8, 4) is 5.75 Å². The molecule has 0 radical (unpaired) electrons. The van der Waals surface area contributed by atoms with Crippen LogP contribution >= 0.6 is 23.5 Å². The fraction of sp³-hybridized carbons (Fsp3) is 0.368. The molecule has 1 aliphatic heterocycles. The van der Waals surface area contributed by atoms with Crippen molar-refractivity contribution in [2.24, 2.45) is 0 Å². The van der Waals surface area contributed by atoms with E-state index in [-0.39, 0.29) is 4.90 Å². The van der Waals surface area contributed by atoms with Crippen LogP contribution < -0.4 is 4.18 Å². The lowest BCUT2D eigenvalue weighted by Gasteiger charge is -2.21. The first-order chi connectivity index (χ1) is 11.9. The van der Waals surface area contributed by atoms with E-state index in [4.69, 9.17) is 4.18 Å². The second kappa shape index (κ2) is 7.64. The summed E-state index contributed by atoms with van der Waals surface area (Å²) >= 11 is 3.88. The Kier molecular flexibility index (Phi) is 5.71. The molecule has 0 aromatic heterocycles. The van der Waals surface area contributed by atoms with Crippen molar-refractivity contribution in [1.29, 1.82) is 0 Å². The average Bonchev–Trinajstić information content (AvgIpc) is 2.54. The van der Waals surface area contributed by atoms with Crippen LogP contribution in [0.2, 0.25) is 0 Å². The highest BCUT2D eigenvalue weighted by molar-refractivity contribution is 8.16. The van der Waals surface area contributed by atoms with E-state index >= 15 is 0 Å². The molecule has 2 aromatic carbocycles. The molecular weight excluding hydrogens is 372 g/mol. The minimum atomic E-state index is -3.84. The van der Waals surface area contributed by atoms with Gasteiger partial charge in [-0.1, -0.05) is 29.8 Å². The highest BCUT2D eigenvalue weighted by atomic mass is 32.2. The molecule has 0 aliphatic carbocycles. The van der Waals surface area contributed by atoms with Gasteiger partial charge in [0.15, 0.2) is 0 Å². The van der Waals surface area contributed by atoms with Gasteiger partial charge in [0.25, 0.3) is 0 Å². The largest absolute Gasteiger partial charge is 0.379 e. The molecule has 0 unspecified atom stereocenters. The Balaban J connectivity index is 1.82. The van der Waals surface area contributed by atoms with Crippen LogP contribution in [-0.4, -0.2) is 19.9 Å². The van der Waals surface area contributed by atoms with Crippen molar-refractivity contribution in [2.75, 3.05) is 11.5 Å². The number of hydrogen-bond donors (Lipinski definition) is 0. The smallest absolute Gasteiger partial charge is 0.339 e. The summed E-state index contributed by atoms with van der Waals surface area (Å²) in [6.07, 6.45) is 1.25. The van der Waals surface area contributed by atoms with Gasteiger partial charge in [-0.05, 0) is 67.5 Å². The van der Waals surface area contributed by atoms with E-state index in [2.05, 4.69) is 0 Å². The van der Waals surface area contributed by atoms with Gasteiger partial charge in [0, 0.05) is 0 Å². The lowest BCUT2D eigenvalue weighted by Crippen LogP contribution is -2.13. The van der Waals surface area contributed by atoms with Gasteiger partial charge >= 0.3 is 10.1 Å². The summed E-state index contributed by atoms with van der Waals surface area (Å²) in [6, 6.07) is 11.2. The maximum atomic E-state index is 12.7. The molecule has 3 nitrogen and oxygen atoms in total. The van der Waals surface area contributed by atoms with Crippen molar-refractivity contribution >= 4 is 33.6 Å². The van der Waals surface area contributed by atoms with Crippen LogP contribution in [0.4, 0.5) is 0 Å². The Morgan fingerprint density at radius 3 is 2.08 bits per heavy atom. The molecule has 134 valence electrons. The molecule has 0 bridgehead atoms. The molecule has 1 heterocycles. The van der Waals surface area contributed by atoms with Crippen LogP contribution in [0.5, 0.6) is 5.75 Å². The van der Waals surface area contributed by atoms with Gasteiger partial charge < -0.3 is 4.18 Å². The number of benzene rings is 2. The normalized spacial score (nSPS) is 16.0. The fourth-order valence-corrected chi connectivity index (χ4v) is 7.34. The van der Waals surface area contributed by atoms with Crippen LogP contribution in [0.25, 0.3) is 0 Å². The minimum Gasteiger partial charge on any atom is -0.379 e. The average molecular weight is 395 g/mol. The summed E-state index contributed by atoms with van der Waals surface area (Å²) in [7, 11) is -3.84. The topological polar surface area (TPSA) is 43.4 Å². The summed E-state index contributed by atoms with van der Waals surface area (Å²) in [6.45, 7) is 5.56. The van der Waals surface area contributed by atoms with Gasteiger partial charge in [-0.25, -0.2) is 0 Å². The summed E-state index contributed by atoms with van der Waals surface area (Å²) in [5.74, 6) is 2.71. The molecule has 0 amide bonds. The third-order valence-electron chi connectivity index (χ3n) is 4.04. The minimum absolute atomic E-state index is 0.264. The van der Waals surface area contributed by atoms with Crippen molar-refractivity contribution in [3.05, 3.63) is 58.7 Å². The molecule has 3 rings (SSSR count). The van der Waals surface area contributed by atoms with E-state index in [1.807, 2.05) is 54.7 Å². The van der Waals surface area contributed by atoms with Gasteiger partial charge in [0.1, 0.15) is 10.6 Å². The number of thioether (sulfide) groups is 2. The van der Waals surface area contributed by atoms with Gasteiger partial charge in [-0.2, -0.15) is 8.42 Å². The summed E-state index contributed by atoms with van der Waals surface area (Å²) < 4.78 is 31.2. The van der Waals surface area contributed by atoms with Crippen LogP contribution in [0.3, 0.4) is 0 Å². The summed E-state index contributed by atoms with van der Waals surface area (Å²) in [5.41, 5.74) is 3.68. The van der Waals surface area contributed by atoms with Crippen LogP contribution in [0, 0.1) is 20.8 Å².